The first kappa shape index (κ1) is 14.2. The van der Waals surface area contributed by atoms with Gasteiger partial charge in [-0.1, -0.05) is 12.1 Å². The van der Waals surface area contributed by atoms with Crippen LogP contribution in [0.25, 0.3) is 10.9 Å². The minimum Gasteiger partial charge on any atom is -0.387 e. The monoisotopic (exact) mass is 302 g/mol. The highest BCUT2D eigenvalue weighted by Crippen LogP contribution is 2.32. The number of hydrogen-bond acceptors (Lipinski definition) is 4. The second-order valence-electron chi connectivity index (χ2n) is 6.25. The van der Waals surface area contributed by atoms with Gasteiger partial charge in [-0.3, -0.25) is 0 Å². The molecule has 0 aliphatic carbocycles. The summed E-state index contributed by atoms with van der Waals surface area (Å²) in [6.45, 7) is 3.88. The number of β-amino-alcohol motifs (C(OH)–C–C–N with tert-alkyl or cyclic N) is 1. The largest absolute Gasteiger partial charge is 0.387 e. The Kier molecular flexibility index (Phi) is 3.66. The lowest BCUT2D eigenvalue weighted by Gasteiger charge is -2.38. The van der Waals surface area contributed by atoms with Crippen molar-refractivity contribution in [3.8, 4) is 0 Å². The van der Waals surface area contributed by atoms with Gasteiger partial charge in [0.05, 0.1) is 19.3 Å². The summed E-state index contributed by atoms with van der Waals surface area (Å²) >= 11 is 0. The van der Waals surface area contributed by atoms with Crippen LogP contribution in [0, 0.1) is 0 Å². The molecule has 2 aliphatic heterocycles. The molecule has 2 aliphatic rings. The molecule has 1 atom stereocenters. The lowest BCUT2D eigenvalue weighted by atomic mass is 10.0. The molecule has 1 spiro atoms. The molecule has 5 heteroatoms. The predicted octanol–water partition coefficient (Wildman–Crippen LogP) is 2.04. The highest BCUT2D eigenvalue weighted by molar-refractivity contribution is 5.79. The van der Waals surface area contributed by atoms with Gasteiger partial charge in [-0.25, -0.2) is 0 Å². The normalized spacial score (nSPS) is 23.3. The van der Waals surface area contributed by atoms with Crippen LogP contribution in [0.2, 0.25) is 0 Å². The Morgan fingerprint density at radius 2 is 1.95 bits per heavy atom. The summed E-state index contributed by atoms with van der Waals surface area (Å²) in [5, 5.41) is 11.7. The van der Waals surface area contributed by atoms with E-state index in [0.29, 0.717) is 19.8 Å². The van der Waals surface area contributed by atoms with Gasteiger partial charge in [0.15, 0.2) is 5.79 Å². The van der Waals surface area contributed by atoms with Gasteiger partial charge in [0.25, 0.3) is 0 Å². The van der Waals surface area contributed by atoms with Crippen LogP contribution in [0.1, 0.15) is 24.5 Å². The fraction of sp³-hybridized carbons (Fsp3) is 0.529. The number of piperidine rings is 1. The van der Waals surface area contributed by atoms with Crippen molar-refractivity contribution in [1.82, 2.24) is 9.88 Å². The van der Waals surface area contributed by atoms with Crippen molar-refractivity contribution in [3.05, 3.63) is 36.0 Å². The van der Waals surface area contributed by atoms with Gasteiger partial charge in [-0.15, -0.1) is 0 Å². The Bertz CT molecular complexity index is 638. The number of aliphatic hydroxyl groups excluding tert-OH is 1. The lowest BCUT2D eigenvalue weighted by molar-refractivity contribution is -0.186. The first-order chi connectivity index (χ1) is 10.7. The first-order valence-electron chi connectivity index (χ1n) is 8.00. The van der Waals surface area contributed by atoms with E-state index >= 15 is 0 Å². The minimum atomic E-state index is -0.466. The Balaban J connectivity index is 1.38. The molecule has 1 aromatic heterocycles. The fourth-order valence-electron chi connectivity index (χ4n) is 3.48. The molecule has 22 heavy (non-hydrogen) atoms. The van der Waals surface area contributed by atoms with Crippen molar-refractivity contribution in [2.45, 2.75) is 24.7 Å². The number of benzene rings is 1. The number of likely N-dealkylation sites (tertiary alicyclic amines) is 1. The van der Waals surface area contributed by atoms with Gasteiger partial charge in [0, 0.05) is 44.2 Å². The molecule has 2 fully saturated rings. The smallest absolute Gasteiger partial charge is 0.170 e. The van der Waals surface area contributed by atoms with E-state index in [1.807, 2.05) is 24.4 Å². The molecule has 1 aromatic carbocycles. The quantitative estimate of drug-likeness (QED) is 0.911. The van der Waals surface area contributed by atoms with Crippen LogP contribution in [-0.4, -0.2) is 53.6 Å². The minimum absolute atomic E-state index is 0.343. The zero-order chi connectivity index (χ0) is 15.0. The Morgan fingerprint density at radius 3 is 2.73 bits per heavy atom. The van der Waals surface area contributed by atoms with E-state index in [1.54, 1.807) is 0 Å². The molecular weight excluding hydrogens is 280 g/mol. The van der Waals surface area contributed by atoms with Crippen molar-refractivity contribution in [2.24, 2.45) is 0 Å². The van der Waals surface area contributed by atoms with Crippen LogP contribution in [-0.2, 0) is 9.47 Å². The molecule has 0 unspecified atom stereocenters. The maximum atomic E-state index is 10.5. The van der Waals surface area contributed by atoms with Crippen molar-refractivity contribution >= 4 is 10.9 Å². The topological polar surface area (TPSA) is 57.7 Å². The number of hydrogen-bond donors (Lipinski definition) is 2. The summed E-state index contributed by atoms with van der Waals surface area (Å²) in [5.41, 5.74) is 2.03. The van der Waals surface area contributed by atoms with Crippen LogP contribution in [0.5, 0.6) is 0 Å². The van der Waals surface area contributed by atoms with Crippen molar-refractivity contribution < 1.29 is 14.6 Å². The van der Waals surface area contributed by atoms with Crippen molar-refractivity contribution in [2.75, 3.05) is 32.8 Å². The summed E-state index contributed by atoms with van der Waals surface area (Å²) < 4.78 is 11.5. The Hall–Kier alpha value is -1.40. The maximum absolute atomic E-state index is 10.5. The summed E-state index contributed by atoms with van der Waals surface area (Å²) in [6.07, 6.45) is 3.23. The Labute approximate surface area is 129 Å². The van der Waals surface area contributed by atoms with Gasteiger partial charge < -0.3 is 24.5 Å². The van der Waals surface area contributed by atoms with E-state index in [-0.39, 0.29) is 5.79 Å². The highest BCUT2D eigenvalue weighted by atomic mass is 16.7. The number of nitrogens with zero attached hydrogens (tertiary/aromatic N) is 1. The zero-order valence-corrected chi connectivity index (χ0v) is 12.6. The summed E-state index contributed by atoms with van der Waals surface area (Å²) in [6, 6.07) is 8.14. The molecule has 4 rings (SSSR count). The SMILES string of the molecule is O[C@@H](CN1CCC2(CC1)OCCO2)c1ccc2cc[nH]c2c1. The number of fused-ring (bicyclic) bond motifs is 1. The van der Waals surface area contributed by atoms with E-state index in [9.17, 15) is 5.11 Å². The fourth-order valence-corrected chi connectivity index (χ4v) is 3.48. The van der Waals surface area contributed by atoms with E-state index in [4.69, 9.17) is 9.47 Å². The summed E-state index contributed by atoms with van der Waals surface area (Å²) in [5.74, 6) is -0.343. The van der Waals surface area contributed by atoms with Crippen molar-refractivity contribution in [1.29, 1.82) is 0 Å². The number of ether oxygens (including phenoxy) is 2. The molecule has 0 bridgehead atoms. The summed E-state index contributed by atoms with van der Waals surface area (Å²) in [7, 11) is 0. The van der Waals surface area contributed by atoms with E-state index in [2.05, 4.69) is 16.0 Å². The van der Waals surface area contributed by atoms with E-state index in [0.717, 1.165) is 37.0 Å². The van der Waals surface area contributed by atoms with Crippen molar-refractivity contribution in [3.63, 3.8) is 0 Å². The lowest BCUT2D eigenvalue weighted by Crippen LogP contribution is -2.46. The third kappa shape index (κ3) is 2.65. The standard InChI is InChI=1S/C17H22N2O3/c20-16(14-2-1-13-3-6-18-15(13)11-14)12-19-7-4-17(5-8-19)21-9-10-22-17/h1-3,6,11,16,18,20H,4-5,7-10,12H2/t16-/m0/s1. The highest BCUT2D eigenvalue weighted by Gasteiger charge is 2.39. The molecule has 2 aromatic rings. The van der Waals surface area contributed by atoms with Gasteiger partial charge in [0.1, 0.15) is 0 Å². The average molecular weight is 302 g/mol. The van der Waals surface area contributed by atoms with Gasteiger partial charge >= 0.3 is 0 Å². The van der Waals surface area contributed by atoms with Crippen LogP contribution in [0.15, 0.2) is 30.5 Å². The van der Waals surface area contributed by atoms with Gasteiger partial charge in [-0.05, 0) is 23.1 Å². The number of aromatic nitrogens is 1. The third-order valence-corrected chi connectivity index (χ3v) is 4.83. The molecule has 3 heterocycles. The molecule has 0 saturated carbocycles. The molecule has 2 N–H and O–H groups in total. The van der Waals surface area contributed by atoms with Crippen LogP contribution < -0.4 is 0 Å². The molecule has 0 amide bonds. The second kappa shape index (κ2) is 5.66. The zero-order valence-electron chi connectivity index (χ0n) is 12.6. The maximum Gasteiger partial charge on any atom is 0.170 e. The van der Waals surface area contributed by atoms with Gasteiger partial charge in [-0.2, -0.15) is 0 Å². The molecule has 2 saturated heterocycles. The Morgan fingerprint density at radius 1 is 1.18 bits per heavy atom. The van der Waals surface area contributed by atoms with Crippen LogP contribution in [0.3, 0.4) is 0 Å². The predicted molar refractivity (Wildman–Crippen MR) is 83.6 cm³/mol. The van der Waals surface area contributed by atoms with Crippen LogP contribution in [0.4, 0.5) is 0 Å². The molecule has 0 radical (unpaired) electrons. The van der Waals surface area contributed by atoms with E-state index in [1.165, 1.54) is 5.39 Å². The average Bonchev–Trinajstić information content (AvgIpc) is 3.18. The van der Waals surface area contributed by atoms with Gasteiger partial charge in [0.2, 0.25) is 0 Å². The second-order valence-corrected chi connectivity index (χ2v) is 6.25. The molecular formula is C17H22N2O3. The van der Waals surface area contributed by atoms with Crippen LogP contribution >= 0.6 is 0 Å². The number of H-pyrrole nitrogens is 1. The third-order valence-electron chi connectivity index (χ3n) is 4.83. The molecule has 5 nitrogen and oxygen atoms in total. The van der Waals surface area contributed by atoms with E-state index < -0.39 is 6.10 Å². The number of rotatable bonds is 3. The number of aromatic amines is 1. The number of nitrogens with one attached hydrogen (secondary N) is 1. The number of aliphatic hydroxyl groups is 1. The molecule has 118 valence electrons. The first-order valence-corrected chi connectivity index (χ1v) is 8.00. The summed E-state index contributed by atoms with van der Waals surface area (Å²) in [4.78, 5) is 5.49.